The number of benzene rings is 1. The number of hydrogen-bond donors (Lipinski definition) is 1. The quantitative estimate of drug-likeness (QED) is 0.855. The molecule has 1 aromatic rings. The Balaban J connectivity index is 2.13. The maximum Gasteiger partial charge on any atom is 0.0992 e. The Bertz CT molecular complexity index is 488. The summed E-state index contributed by atoms with van der Waals surface area (Å²) in [6.07, 6.45) is 2.39. The highest BCUT2D eigenvalue weighted by Gasteiger charge is 2.36. The molecule has 1 N–H and O–H groups in total. The predicted molar refractivity (Wildman–Crippen MR) is 75.8 cm³/mol. The second kappa shape index (κ2) is 4.82. The van der Waals surface area contributed by atoms with E-state index in [4.69, 9.17) is 16.9 Å². The molecule has 0 aromatic heterocycles. The van der Waals surface area contributed by atoms with Gasteiger partial charge >= 0.3 is 0 Å². The predicted octanol–water partition coefficient (Wildman–Crippen LogP) is 4.45. The maximum absolute atomic E-state index is 8.82. The number of nitrogens with one attached hydrogen (secondary N) is 1. The average molecular weight is 263 g/mol. The van der Waals surface area contributed by atoms with Crippen molar-refractivity contribution < 1.29 is 0 Å². The molecule has 3 heteroatoms. The summed E-state index contributed by atoms with van der Waals surface area (Å²) in [7, 11) is 0. The second-order valence-electron chi connectivity index (χ2n) is 6.11. The van der Waals surface area contributed by atoms with E-state index in [0.29, 0.717) is 28.0 Å². The fraction of sp³-hybridized carbons (Fsp3) is 0.533. The van der Waals surface area contributed by atoms with Gasteiger partial charge in [0.25, 0.3) is 0 Å². The monoisotopic (exact) mass is 262 g/mol. The van der Waals surface area contributed by atoms with Gasteiger partial charge in [0.2, 0.25) is 0 Å². The van der Waals surface area contributed by atoms with E-state index in [1.807, 2.05) is 6.07 Å². The first-order chi connectivity index (χ1) is 8.41. The second-order valence-corrected chi connectivity index (χ2v) is 6.51. The van der Waals surface area contributed by atoms with Crippen molar-refractivity contribution in [1.82, 2.24) is 0 Å². The van der Waals surface area contributed by atoms with Gasteiger partial charge in [0, 0.05) is 6.04 Å². The zero-order valence-corrected chi connectivity index (χ0v) is 11.9. The fourth-order valence-corrected chi connectivity index (χ4v) is 3.22. The zero-order chi connectivity index (χ0) is 13.3. The standard InChI is InChI=1S/C15H19ClN2/c1-10-7-15(2,3)8-14(10)18-13-5-4-11(9-17)6-12(13)16/h4-6,10,14,18H,7-8H2,1-3H3. The molecule has 96 valence electrons. The molecule has 1 aromatic carbocycles. The summed E-state index contributed by atoms with van der Waals surface area (Å²) in [5, 5.41) is 13.0. The van der Waals surface area contributed by atoms with Crippen molar-refractivity contribution in [3.63, 3.8) is 0 Å². The van der Waals surface area contributed by atoms with Gasteiger partial charge in [-0.1, -0.05) is 32.4 Å². The number of nitriles is 1. The summed E-state index contributed by atoms with van der Waals surface area (Å²) in [5.74, 6) is 0.645. The van der Waals surface area contributed by atoms with Gasteiger partial charge in [0.15, 0.2) is 0 Å². The third-order valence-electron chi connectivity index (χ3n) is 3.77. The molecule has 0 bridgehead atoms. The molecule has 0 spiro atoms. The van der Waals surface area contributed by atoms with E-state index in [1.54, 1.807) is 12.1 Å². The van der Waals surface area contributed by atoms with E-state index < -0.39 is 0 Å². The van der Waals surface area contributed by atoms with Gasteiger partial charge in [-0.05, 0) is 42.4 Å². The van der Waals surface area contributed by atoms with Crippen molar-refractivity contribution in [3.8, 4) is 6.07 Å². The van der Waals surface area contributed by atoms with Crippen LogP contribution in [0.1, 0.15) is 39.2 Å². The summed E-state index contributed by atoms with van der Waals surface area (Å²) >= 11 is 6.19. The lowest BCUT2D eigenvalue weighted by molar-refractivity contribution is 0.366. The van der Waals surface area contributed by atoms with E-state index in [2.05, 4.69) is 32.2 Å². The molecule has 18 heavy (non-hydrogen) atoms. The van der Waals surface area contributed by atoms with Gasteiger partial charge in [0.1, 0.15) is 0 Å². The first-order valence-corrected chi connectivity index (χ1v) is 6.75. The summed E-state index contributed by atoms with van der Waals surface area (Å²) < 4.78 is 0. The van der Waals surface area contributed by atoms with E-state index >= 15 is 0 Å². The SMILES string of the molecule is CC1CC(C)(C)CC1Nc1ccc(C#N)cc1Cl. The van der Waals surface area contributed by atoms with Crippen LogP contribution in [0.15, 0.2) is 18.2 Å². The van der Waals surface area contributed by atoms with Crippen LogP contribution >= 0.6 is 11.6 Å². The molecule has 1 aliphatic rings. The third-order valence-corrected chi connectivity index (χ3v) is 4.09. The van der Waals surface area contributed by atoms with E-state index in [-0.39, 0.29) is 0 Å². The average Bonchev–Trinajstić information content (AvgIpc) is 2.54. The van der Waals surface area contributed by atoms with Crippen LogP contribution in [-0.2, 0) is 0 Å². The number of nitrogens with zero attached hydrogens (tertiary/aromatic N) is 1. The van der Waals surface area contributed by atoms with Crippen LogP contribution in [0.25, 0.3) is 0 Å². The summed E-state index contributed by atoms with van der Waals surface area (Å²) in [6.45, 7) is 6.90. The Labute approximate surface area is 114 Å². The Morgan fingerprint density at radius 3 is 2.61 bits per heavy atom. The minimum atomic E-state index is 0.399. The van der Waals surface area contributed by atoms with Crippen LogP contribution in [0.2, 0.25) is 5.02 Å². The smallest absolute Gasteiger partial charge is 0.0992 e. The van der Waals surface area contributed by atoms with Gasteiger partial charge in [-0.3, -0.25) is 0 Å². The Morgan fingerprint density at radius 2 is 2.11 bits per heavy atom. The lowest BCUT2D eigenvalue weighted by atomic mass is 9.91. The Morgan fingerprint density at radius 1 is 1.39 bits per heavy atom. The number of rotatable bonds is 2. The number of halogens is 1. The molecular weight excluding hydrogens is 244 g/mol. The summed E-state index contributed by atoms with van der Waals surface area (Å²) in [4.78, 5) is 0. The van der Waals surface area contributed by atoms with Gasteiger partial charge in [-0.25, -0.2) is 0 Å². The first-order valence-electron chi connectivity index (χ1n) is 6.37. The van der Waals surface area contributed by atoms with Crippen molar-refractivity contribution >= 4 is 17.3 Å². The molecule has 2 unspecified atom stereocenters. The number of hydrogen-bond acceptors (Lipinski definition) is 2. The van der Waals surface area contributed by atoms with Gasteiger partial charge in [0.05, 0.1) is 22.3 Å². The van der Waals surface area contributed by atoms with Crippen molar-refractivity contribution in [2.24, 2.45) is 11.3 Å². The van der Waals surface area contributed by atoms with Crippen LogP contribution in [0, 0.1) is 22.7 Å². The molecule has 0 saturated heterocycles. The lowest BCUT2D eigenvalue weighted by Gasteiger charge is -2.20. The van der Waals surface area contributed by atoms with Crippen LogP contribution in [0.3, 0.4) is 0 Å². The van der Waals surface area contributed by atoms with Crippen molar-refractivity contribution in [2.45, 2.75) is 39.7 Å². The minimum Gasteiger partial charge on any atom is -0.381 e. The Hall–Kier alpha value is -1.20. The van der Waals surface area contributed by atoms with Crippen molar-refractivity contribution in [2.75, 3.05) is 5.32 Å². The lowest BCUT2D eigenvalue weighted by Crippen LogP contribution is -2.22. The highest BCUT2D eigenvalue weighted by atomic mass is 35.5. The molecule has 0 aliphatic heterocycles. The number of anilines is 1. The Kier molecular flexibility index (Phi) is 3.54. The van der Waals surface area contributed by atoms with Crippen LogP contribution in [0.5, 0.6) is 0 Å². The van der Waals surface area contributed by atoms with Gasteiger partial charge in [-0.2, -0.15) is 5.26 Å². The zero-order valence-electron chi connectivity index (χ0n) is 11.1. The highest BCUT2D eigenvalue weighted by Crippen LogP contribution is 2.42. The maximum atomic E-state index is 8.82. The van der Waals surface area contributed by atoms with E-state index in [0.717, 1.165) is 12.1 Å². The van der Waals surface area contributed by atoms with Crippen LogP contribution in [-0.4, -0.2) is 6.04 Å². The molecule has 1 fully saturated rings. The van der Waals surface area contributed by atoms with Crippen LogP contribution in [0.4, 0.5) is 5.69 Å². The van der Waals surface area contributed by atoms with E-state index in [9.17, 15) is 0 Å². The normalized spacial score (nSPS) is 25.7. The molecule has 1 saturated carbocycles. The molecule has 0 radical (unpaired) electrons. The third kappa shape index (κ3) is 2.79. The largest absolute Gasteiger partial charge is 0.381 e. The molecule has 2 rings (SSSR count). The first kappa shape index (κ1) is 13.2. The highest BCUT2D eigenvalue weighted by molar-refractivity contribution is 6.33. The molecule has 2 atom stereocenters. The van der Waals surface area contributed by atoms with Gasteiger partial charge < -0.3 is 5.32 Å². The summed E-state index contributed by atoms with van der Waals surface area (Å²) in [5.41, 5.74) is 1.94. The fourth-order valence-electron chi connectivity index (χ4n) is 2.99. The minimum absolute atomic E-state index is 0.399. The van der Waals surface area contributed by atoms with Crippen molar-refractivity contribution in [3.05, 3.63) is 28.8 Å². The molecule has 0 amide bonds. The molecule has 1 aliphatic carbocycles. The molecule has 2 nitrogen and oxygen atoms in total. The molecule has 0 heterocycles. The topological polar surface area (TPSA) is 35.8 Å². The summed E-state index contributed by atoms with van der Waals surface area (Å²) in [6, 6.07) is 7.98. The molecular formula is C15H19ClN2. The van der Waals surface area contributed by atoms with Crippen molar-refractivity contribution in [1.29, 1.82) is 5.26 Å². The van der Waals surface area contributed by atoms with Crippen LogP contribution < -0.4 is 5.32 Å². The van der Waals surface area contributed by atoms with Gasteiger partial charge in [-0.15, -0.1) is 0 Å². The van der Waals surface area contributed by atoms with E-state index in [1.165, 1.54) is 6.42 Å².